The third kappa shape index (κ3) is 5.45. The summed E-state index contributed by atoms with van der Waals surface area (Å²) in [5, 5.41) is 6.63. The molecule has 1 aliphatic rings. The van der Waals surface area contributed by atoms with Crippen LogP contribution in [-0.2, 0) is 16.6 Å². The predicted octanol–water partition coefficient (Wildman–Crippen LogP) is 2.57. The van der Waals surface area contributed by atoms with Crippen LogP contribution < -0.4 is 10.6 Å². The van der Waals surface area contributed by atoms with Crippen molar-refractivity contribution in [1.29, 1.82) is 0 Å². The molecule has 0 aliphatic carbocycles. The van der Waals surface area contributed by atoms with Gasteiger partial charge in [-0.3, -0.25) is 4.99 Å². The van der Waals surface area contributed by atoms with Crippen LogP contribution >= 0.6 is 0 Å². The maximum atomic E-state index is 12.5. The fraction of sp³-hybridized carbons (Fsp3) is 0.632. The van der Waals surface area contributed by atoms with Crippen molar-refractivity contribution >= 4 is 16.0 Å². The van der Waals surface area contributed by atoms with Crippen molar-refractivity contribution in [3.63, 3.8) is 0 Å². The molecule has 0 amide bonds. The summed E-state index contributed by atoms with van der Waals surface area (Å²) >= 11 is 0. The van der Waals surface area contributed by atoms with Gasteiger partial charge in [-0.2, -0.15) is 4.31 Å². The van der Waals surface area contributed by atoms with E-state index in [9.17, 15) is 8.42 Å². The third-order valence-corrected chi connectivity index (χ3v) is 6.94. The second-order valence-corrected chi connectivity index (χ2v) is 8.68. The molecule has 2 rings (SSSR count). The molecule has 0 bridgehead atoms. The Bertz CT molecular complexity index is 676. The van der Waals surface area contributed by atoms with E-state index >= 15 is 0 Å². The highest BCUT2D eigenvalue weighted by Gasteiger charge is 2.26. The summed E-state index contributed by atoms with van der Waals surface area (Å²) in [5.41, 5.74) is 1.02. The maximum absolute atomic E-state index is 12.5. The first-order chi connectivity index (χ1) is 12.5. The van der Waals surface area contributed by atoms with Crippen LogP contribution in [0.5, 0.6) is 0 Å². The largest absolute Gasteiger partial charge is 0.356 e. The van der Waals surface area contributed by atoms with E-state index in [-0.39, 0.29) is 0 Å². The quantitative estimate of drug-likeness (QED) is 0.537. The Balaban J connectivity index is 1.90. The van der Waals surface area contributed by atoms with Crippen LogP contribution in [-0.4, -0.2) is 45.4 Å². The van der Waals surface area contributed by atoms with Crippen LogP contribution in [0.2, 0.25) is 0 Å². The number of rotatable bonds is 8. The smallest absolute Gasteiger partial charge is 0.243 e. The summed E-state index contributed by atoms with van der Waals surface area (Å²) in [6, 6.07) is 7.13. The molecular formula is C19H32N4O2S. The van der Waals surface area contributed by atoms with Gasteiger partial charge in [0.2, 0.25) is 10.0 Å². The highest BCUT2D eigenvalue weighted by Crippen LogP contribution is 2.21. The van der Waals surface area contributed by atoms with E-state index in [1.54, 1.807) is 23.5 Å². The zero-order valence-electron chi connectivity index (χ0n) is 16.2. The van der Waals surface area contributed by atoms with Crippen LogP contribution in [0.25, 0.3) is 0 Å². The first-order valence-electron chi connectivity index (χ1n) is 9.54. The molecule has 0 aromatic heterocycles. The first kappa shape index (κ1) is 20.7. The minimum absolute atomic E-state index is 0.374. The topological polar surface area (TPSA) is 73.8 Å². The molecule has 0 atom stereocenters. The highest BCUT2D eigenvalue weighted by atomic mass is 32.2. The summed E-state index contributed by atoms with van der Waals surface area (Å²) in [6.45, 7) is 7.16. The van der Waals surface area contributed by atoms with Crippen LogP contribution in [0.3, 0.4) is 0 Å². The molecule has 26 heavy (non-hydrogen) atoms. The Kier molecular flexibility index (Phi) is 7.90. The van der Waals surface area contributed by atoms with Gasteiger partial charge in [-0.25, -0.2) is 8.42 Å². The van der Waals surface area contributed by atoms with E-state index in [2.05, 4.69) is 29.5 Å². The summed E-state index contributed by atoms with van der Waals surface area (Å²) < 4.78 is 26.7. The Hall–Kier alpha value is -1.60. The van der Waals surface area contributed by atoms with E-state index in [1.165, 1.54) is 0 Å². The van der Waals surface area contributed by atoms with Gasteiger partial charge in [0.05, 0.1) is 4.90 Å². The van der Waals surface area contributed by atoms with E-state index < -0.39 is 10.0 Å². The number of sulfonamides is 1. The van der Waals surface area contributed by atoms with Crippen LogP contribution in [0.1, 0.15) is 45.1 Å². The number of aliphatic imine (C=N–C) groups is 1. The Morgan fingerprint density at radius 1 is 1.12 bits per heavy atom. The van der Waals surface area contributed by atoms with Gasteiger partial charge in [-0.1, -0.05) is 38.8 Å². The van der Waals surface area contributed by atoms with E-state index in [0.717, 1.165) is 43.8 Å². The van der Waals surface area contributed by atoms with Gasteiger partial charge in [0.15, 0.2) is 5.96 Å². The van der Waals surface area contributed by atoms with Gasteiger partial charge >= 0.3 is 0 Å². The minimum atomic E-state index is -3.34. The average Bonchev–Trinajstić information content (AvgIpc) is 3.21. The minimum Gasteiger partial charge on any atom is -0.356 e. The summed E-state index contributed by atoms with van der Waals surface area (Å²) in [5.74, 6) is 1.41. The molecule has 1 aromatic carbocycles. The zero-order chi connectivity index (χ0) is 19.0. The summed E-state index contributed by atoms with van der Waals surface area (Å²) in [6.07, 6.45) is 4.19. The lowest BCUT2D eigenvalue weighted by atomic mass is 10.0. The fourth-order valence-corrected chi connectivity index (χ4v) is 4.60. The molecule has 1 aliphatic heterocycles. The first-order valence-corrected chi connectivity index (χ1v) is 11.0. The van der Waals surface area contributed by atoms with Gasteiger partial charge in [0.25, 0.3) is 0 Å². The molecular weight excluding hydrogens is 348 g/mol. The molecule has 1 saturated heterocycles. The number of nitrogens with zero attached hydrogens (tertiary/aromatic N) is 2. The normalized spacial score (nSPS) is 16.2. The molecule has 1 heterocycles. The Morgan fingerprint density at radius 2 is 1.73 bits per heavy atom. The van der Waals surface area contributed by atoms with Crippen LogP contribution in [0.4, 0.5) is 0 Å². The number of hydrogen-bond donors (Lipinski definition) is 2. The number of nitrogens with one attached hydrogen (secondary N) is 2. The molecule has 1 fully saturated rings. The molecule has 0 radical (unpaired) electrons. The molecule has 6 nitrogen and oxygen atoms in total. The van der Waals surface area contributed by atoms with E-state index in [4.69, 9.17) is 0 Å². The lowest BCUT2D eigenvalue weighted by Crippen LogP contribution is -2.39. The molecule has 2 N–H and O–H groups in total. The van der Waals surface area contributed by atoms with Gasteiger partial charge in [0, 0.05) is 33.2 Å². The van der Waals surface area contributed by atoms with Gasteiger partial charge in [-0.15, -0.1) is 0 Å². The molecule has 0 unspecified atom stereocenters. The van der Waals surface area contributed by atoms with Crippen molar-refractivity contribution in [2.45, 2.75) is 51.0 Å². The van der Waals surface area contributed by atoms with Crippen molar-refractivity contribution in [2.24, 2.45) is 10.9 Å². The van der Waals surface area contributed by atoms with E-state index in [0.29, 0.717) is 30.4 Å². The molecule has 0 spiro atoms. The number of guanidine groups is 1. The van der Waals surface area contributed by atoms with Crippen LogP contribution in [0.15, 0.2) is 34.2 Å². The third-order valence-electron chi connectivity index (χ3n) is 5.02. The van der Waals surface area contributed by atoms with Crippen molar-refractivity contribution in [3.8, 4) is 0 Å². The Labute approximate surface area is 158 Å². The number of benzene rings is 1. The number of hydrogen-bond acceptors (Lipinski definition) is 3. The van der Waals surface area contributed by atoms with Gasteiger partial charge in [0.1, 0.15) is 0 Å². The second kappa shape index (κ2) is 9.92. The van der Waals surface area contributed by atoms with Crippen molar-refractivity contribution in [3.05, 3.63) is 29.8 Å². The maximum Gasteiger partial charge on any atom is 0.243 e. The molecule has 1 aromatic rings. The molecule has 0 saturated carbocycles. The lowest BCUT2D eigenvalue weighted by molar-refractivity contribution is 0.477. The zero-order valence-corrected chi connectivity index (χ0v) is 17.0. The lowest BCUT2D eigenvalue weighted by Gasteiger charge is -2.17. The van der Waals surface area contributed by atoms with Crippen molar-refractivity contribution < 1.29 is 8.42 Å². The van der Waals surface area contributed by atoms with Crippen LogP contribution in [0, 0.1) is 5.92 Å². The summed E-state index contributed by atoms with van der Waals surface area (Å²) in [4.78, 5) is 4.62. The second-order valence-electron chi connectivity index (χ2n) is 6.74. The molecule has 7 heteroatoms. The van der Waals surface area contributed by atoms with Gasteiger partial charge in [-0.05, 0) is 36.5 Å². The van der Waals surface area contributed by atoms with Crippen molar-refractivity contribution in [2.75, 3.05) is 26.7 Å². The summed E-state index contributed by atoms with van der Waals surface area (Å²) in [7, 11) is -1.58. The van der Waals surface area contributed by atoms with Gasteiger partial charge < -0.3 is 10.6 Å². The Morgan fingerprint density at radius 3 is 2.27 bits per heavy atom. The van der Waals surface area contributed by atoms with Crippen molar-refractivity contribution in [1.82, 2.24) is 14.9 Å². The highest BCUT2D eigenvalue weighted by molar-refractivity contribution is 7.89. The SMILES string of the molecule is CCC(CC)CNC(=NC)NCc1ccc(S(=O)(=O)N2CCCC2)cc1. The fourth-order valence-electron chi connectivity index (χ4n) is 3.08. The monoisotopic (exact) mass is 380 g/mol. The standard InChI is InChI=1S/C19H32N4O2S/c1-4-16(5-2)14-21-19(20-3)22-15-17-8-10-18(11-9-17)26(24,25)23-12-6-7-13-23/h8-11,16H,4-7,12-15H2,1-3H3,(H2,20,21,22). The molecule has 146 valence electrons. The average molecular weight is 381 g/mol. The van der Waals surface area contributed by atoms with E-state index in [1.807, 2.05) is 12.1 Å². The predicted molar refractivity (Wildman–Crippen MR) is 107 cm³/mol.